The van der Waals surface area contributed by atoms with Gasteiger partial charge in [0.1, 0.15) is 12.2 Å². The van der Waals surface area contributed by atoms with Crippen molar-refractivity contribution >= 4 is 11.9 Å². The molecule has 21 heavy (non-hydrogen) atoms. The number of aliphatic hydroxyl groups is 1. The summed E-state index contributed by atoms with van der Waals surface area (Å²) in [4.78, 5) is 18.2. The minimum atomic E-state index is -1.82. The van der Waals surface area contributed by atoms with Crippen LogP contribution in [0.15, 0.2) is 0 Å². The van der Waals surface area contributed by atoms with Crippen LogP contribution in [0.4, 0.5) is 0 Å². The van der Waals surface area contributed by atoms with Gasteiger partial charge in [0.05, 0.1) is 19.3 Å². The first-order valence-corrected chi connectivity index (χ1v) is 6.48. The first kappa shape index (κ1) is 17.8. The van der Waals surface area contributed by atoms with E-state index in [9.17, 15) is 0 Å². The van der Waals surface area contributed by atoms with Gasteiger partial charge in [0.2, 0.25) is 0 Å². The summed E-state index contributed by atoms with van der Waals surface area (Å²) in [5.41, 5.74) is 5.96. The van der Waals surface area contributed by atoms with Crippen molar-refractivity contribution in [2.24, 2.45) is 5.73 Å². The van der Waals surface area contributed by atoms with E-state index in [-0.39, 0.29) is 31.0 Å². The Kier molecular flexibility index (Phi) is 6.05. The molecule has 0 aromatic heterocycles. The lowest BCUT2D eigenvalue weighted by atomic mass is 10.2. The van der Waals surface area contributed by atoms with E-state index in [0.29, 0.717) is 6.61 Å². The minimum absolute atomic E-state index is 0.0212. The lowest BCUT2D eigenvalue weighted by Crippen LogP contribution is -2.35. The Labute approximate surface area is 121 Å². The van der Waals surface area contributed by atoms with E-state index in [0.717, 1.165) is 6.42 Å². The highest BCUT2D eigenvalue weighted by Crippen LogP contribution is 2.38. The molecule has 9 nitrogen and oxygen atoms in total. The zero-order valence-electron chi connectivity index (χ0n) is 11.9. The smallest absolute Gasteiger partial charge is 0.414 e. The Balaban J connectivity index is 0.000000315. The Morgan fingerprint density at radius 1 is 1.24 bits per heavy atom. The van der Waals surface area contributed by atoms with E-state index in [2.05, 4.69) is 0 Å². The lowest BCUT2D eigenvalue weighted by Gasteiger charge is -2.22. The molecular formula is C12H21NO8. The van der Waals surface area contributed by atoms with Crippen LogP contribution in [0.2, 0.25) is 0 Å². The molecule has 0 amide bonds. The third-order valence-electron chi connectivity index (χ3n) is 3.06. The fourth-order valence-corrected chi connectivity index (χ4v) is 2.34. The number of ether oxygens (including phenoxy) is 3. The highest BCUT2D eigenvalue weighted by molar-refractivity contribution is 6.27. The second kappa shape index (κ2) is 7.14. The molecule has 0 radical (unpaired) electrons. The van der Waals surface area contributed by atoms with Crippen LogP contribution >= 0.6 is 0 Å². The molecule has 1 aliphatic heterocycles. The number of aliphatic carboxylic acids is 2. The normalized spacial score (nSPS) is 33.0. The van der Waals surface area contributed by atoms with E-state index in [1.165, 1.54) is 0 Å². The number of aliphatic hydroxyl groups excluding tert-OH is 1. The highest BCUT2D eigenvalue weighted by Gasteiger charge is 2.53. The summed E-state index contributed by atoms with van der Waals surface area (Å²) in [6.07, 6.45) is 0.495. The number of rotatable bonds is 3. The second-order valence-corrected chi connectivity index (χ2v) is 5.21. The molecule has 0 unspecified atom stereocenters. The summed E-state index contributed by atoms with van der Waals surface area (Å²) >= 11 is 0. The van der Waals surface area contributed by atoms with Gasteiger partial charge in [-0.15, -0.1) is 0 Å². The molecule has 0 aromatic rings. The first-order chi connectivity index (χ1) is 9.68. The maximum Gasteiger partial charge on any atom is 0.414 e. The summed E-state index contributed by atoms with van der Waals surface area (Å²) in [6, 6.07) is -0.0412. The van der Waals surface area contributed by atoms with Gasteiger partial charge in [0.25, 0.3) is 0 Å². The van der Waals surface area contributed by atoms with Gasteiger partial charge < -0.3 is 35.3 Å². The van der Waals surface area contributed by atoms with Crippen LogP contribution < -0.4 is 5.73 Å². The van der Waals surface area contributed by atoms with Crippen LogP contribution in [0, 0.1) is 0 Å². The minimum Gasteiger partial charge on any atom is -0.473 e. The zero-order chi connectivity index (χ0) is 16.2. The van der Waals surface area contributed by atoms with Crippen molar-refractivity contribution in [3.63, 3.8) is 0 Å². The molecule has 2 rings (SSSR count). The van der Waals surface area contributed by atoms with Crippen molar-refractivity contribution in [3.05, 3.63) is 0 Å². The van der Waals surface area contributed by atoms with Crippen LogP contribution in [0.3, 0.4) is 0 Å². The third kappa shape index (κ3) is 4.90. The summed E-state index contributed by atoms with van der Waals surface area (Å²) < 4.78 is 16.9. The van der Waals surface area contributed by atoms with Crippen molar-refractivity contribution < 1.29 is 39.1 Å². The molecule has 122 valence electrons. The van der Waals surface area contributed by atoms with E-state index in [4.69, 9.17) is 44.9 Å². The Morgan fingerprint density at radius 3 is 2.24 bits per heavy atom. The summed E-state index contributed by atoms with van der Waals surface area (Å²) in [6.45, 7) is 4.10. The molecule has 1 aliphatic carbocycles. The van der Waals surface area contributed by atoms with E-state index in [1.807, 2.05) is 13.8 Å². The topological polar surface area (TPSA) is 149 Å². The Bertz CT molecular complexity index is 373. The average molecular weight is 307 g/mol. The molecule has 0 aromatic carbocycles. The van der Waals surface area contributed by atoms with Gasteiger partial charge in [-0.2, -0.15) is 0 Å². The van der Waals surface area contributed by atoms with Crippen molar-refractivity contribution in [1.82, 2.24) is 0 Å². The van der Waals surface area contributed by atoms with Gasteiger partial charge in [0, 0.05) is 6.04 Å². The van der Waals surface area contributed by atoms with Gasteiger partial charge in [-0.1, -0.05) is 0 Å². The van der Waals surface area contributed by atoms with Crippen LogP contribution in [0.1, 0.15) is 20.3 Å². The lowest BCUT2D eigenvalue weighted by molar-refractivity contribution is -0.168. The molecule has 0 spiro atoms. The maximum atomic E-state index is 9.10. The number of hydrogen-bond acceptors (Lipinski definition) is 7. The predicted octanol–water partition coefficient (Wildman–Crippen LogP) is -1.23. The quantitative estimate of drug-likeness (QED) is 0.470. The van der Waals surface area contributed by atoms with Crippen LogP contribution in [-0.4, -0.2) is 70.6 Å². The number of hydrogen-bond donors (Lipinski definition) is 4. The molecule has 9 heteroatoms. The SMILES string of the molecule is CC1(C)O[C@@H]2[C@H](O1)[C@@H](N)C[C@H]2OCCO.O=C(O)C(=O)O. The number of carboxylic acids is 2. The molecule has 1 heterocycles. The predicted molar refractivity (Wildman–Crippen MR) is 68.5 cm³/mol. The van der Waals surface area contributed by atoms with Gasteiger partial charge in [0.15, 0.2) is 5.79 Å². The van der Waals surface area contributed by atoms with E-state index < -0.39 is 17.7 Å². The van der Waals surface area contributed by atoms with Crippen molar-refractivity contribution in [2.45, 2.75) is 50.4 Å². The molecule has 2 aliphatic rings. The van der Waals surface area contributed by atoms with E-state index >= 15 is 0 Å². The molecule has 1 saturated carbocycles. The van der Waals surface area contributed by atoms with Crippen molar-refractivity contribution in [3.8, 4) is 0 Å². The van der Waals surface area contributed by atoms with Crippen LogP contribution in [-0.2, 0) is 23.8 Å². The van der Waals surface area contributed by atoms with E-state index in [1.54, 1.807) is 0 Å². The maximum absolute atomic E-state index is 9.10. The van der Waals surface area contributed by atoms with Crippen molar-refractivity contribution in [2.75, 3.05) is 13.2 Å². The number of fused-ring (bicyclic) bond motifs is 1. The highest BCUT2D eigenvalue weighted by atomic mass is 16.8. The fraction of sp³-hybridized carbons (Fsp3) is 0.833. The van der Waals surface area contributed by atoms with Gasteiger partial charge >= 0.3 is 11.9 Å². The number of nitrogens with two attached hydrogens (primary N) is 1. The molecular weight excluding hydrogens is 286 g/mol. The summed E-state index contributed by atoms with van der Waals surface area (Å²) in [7, 11) is 0. The van der Waals surface area contributed by atoms with Gasteiger partial charge in [-0.25, -0.2) is 9.59 Å². The number of carboxylic acid groups (broad SMARTS) is 2. The van der Waals surface area contributed by atoms with Crippen LogP contribution in [0.25, 0.3) is 0 Å². The molecule has 0 bridgehead atoms. The Morgan fingerprint density at radius 2 is 1.76 bits per heavy atom. The second-order valence-electron chi connectivity index (χ2n) is 5.21. The molecule has 1 saturated heterocycles. The van der Waals surface area contributed by atoms with Gasteiger partial charge in [-0.3, -0.25) is 0 Å². The molecule has 4 atom stereocenters. The Hall–Kier alpha value is -1.26. The zero-order valence-corrected chi connectivity index (χ0v) is 11.9. The fourth-order valence-electron chi connectivity index (χ4n) is 2.34. The summed E-state index contributed by atoms with van der Waals surface area (Å²) in [5, 5.41) is 23.5. The monoisotopic (exact) mass is 307 g/mol. The summed E-state index contributed by atoms with van der Waals surface area (Å²) in [5.74, 6) is -4.22. The first-order valence-electron chi connectivity index (χ1n) is 6.48. The van der Waals surface area contributed by atoms with Gasteiger partial charge in [-0.05, 0) is 20.3 Å². The van der Waals surface area contributed by atoms with Crippen molar-refractivity contribution in [1.29, 1.82) is 0 Å². The molecule has 5 N–H and O–H groups in total. The standard InChI is InChI=1S/C10H19NO4.C2H2O4/c1-10(2)14-8-6(11)5-7(9(8)15-10)13-4-3-12;3-1(4)2(5)6/h6-9,12H,3-5,11H2,1-2H3;(H,3,4)(H,5,6)/t6-,7+,8+,9-;/m0./s1. The average Bonchev–Trinajstić information content (AvgIpc) is 2.83. The third-order valence-corrected chi connectivity index (χ3v) is 3.06. The molecule has 2 fully saturated rings. The number of carbonyl (C=O) groups is 2. The van der Waals surface area contributed by atoms with Crippen LogP contribution in [0.5, 0.6) is 0 Å². The largest absolute Gasteiger partial charge is 0.473 e.